The third kappa shape index (κ3) is 4.01. The van der Waals surface area contributed by atoms with Gasteiger partial charge in [-0.25, -0.2) is 4.39 Å². The molecule has 1 heterocycles. The molecule has 1 aliphatic rings. The highest BCUT2D eigenvalue weighted by atomic mass is 79.9. The predicted octanol–water partition coefficient (Wildman–Crippen LogP) is 3.58. The standard InChI is InChI=1S/C15H22BrFN2/c1-11(2)9-15(19-7-5-18-6-8-19)13-10-12(16)3-4-14(13)17/h3-4,10-11,15,18H,5-9H2,1-2H3/t15-/m0/s1. The highest BCUT2D eigenvalue weighted by Gasteiger charge is 2.25. The summed E-state index contributed by atoms with van der Waals surface area (Å²) in [5.41, 5.74) is 0.824. The predicted molar refractivity (Wildman–Crippen MR) is 80.7 cm³/mol. The summed E-state index contributed by atoms with van der Waals surface area (Å²) in [7, 11) is 0. The molecule has 1 N–H and O–H groups in total. The second-order valence-corrected chi connectivity index (χ2v) is 6.51. The minimum atomic E-state index is -0.0904. The SMILES string of the molecule is CC(C)C[C@@H](c1cc(Br)ccc1F)N1CCNCC1. The van der Waals surface area contributed by atoms with Crippen LogP contribution in [0.25, 0.3) is 0 Å². The first-order valence-electron chi connectivity index (χ1n) is 6.97. The van der Waals surface area contributed by atoms with Crippen LogP contribution in [0.1, 0.15) is 31.9 Å². The largest absolute Gasteiger partial charge is 0.314 e. The second-order valence-electron chi connectivity index (χ2n) is 5.60. The average molecular weight is 329 g/mol. The van der Waals surface area contributed by atoms with E-state index in [2.05, 4.69) is 40.0 Å². The van der Waals surface area contributed by atoms with Crippen molar-refractivity contribution in [3.63, 3.8) is 0 Å². The summed E-state index contributed by atoms with van der Waals surface area (Å²) in [4.78, 5) is 2.40. The summed E-state index contributed by atoms with van der Waals surface area (Å²) in [6.07, 6.45) is 0.993. The van der Waals surface area contributed by atoms with Crippen LogP contribution in [0.4, 0.5) is 4.39 Å². The Kier molecular flexibility index (Phi) is 5.37. The molecule has 1 aromatic rings. The van der Waals surface area contributed by atoms with Gasteiger partial charge in [0.2, 0.25) is 0 Å². The molecule has 4 heteroatoms. The molecule has 1 atom stereocenters. The van der Waals surface area contributed by atoms with Crippen LogP contribution in [0.3, 0.4) is 0 Å². The minimum absolute atomic E-state index is 0.0904. The Morgan fingerprint density at radius 1 is 1.32 bits per heavy atom. The molecule has 1 aliphatic heterocycles. The molecule has 0 unspecified atom stereocenters. The lowest BCUT2D eigenvalue weighted by Gasteiger charge is -2.36. The van der Waals surface area contributed by atoms with Crippen molar-refractivity contribution < 1.29 is 4.39 Å². The van der Waals surface area contributed by atoms with Gasteiger partial charge < -0.3 is 5.32 Å². The second kappa shape index (κ2) is 6.82. The third-order valence-electron chi connectivity index (χ3n) is 3.60. The maximum atomic E-state index is 14.2. The molecule has 0 saturated carbocycles. The van der Waals surface area contributed by atoms with Crippen LogP contribution >= 0.6 is 15.9 Å². The minimum Gasteiger partial charge on any atom is -0.314 e. The van der Waals surface area contributed by atoms with Crippen LogP contribution in [0.2, 0.25) is 0 Å². The van der Waals surface area contributed by atoms with Crippen molar-refractivity contribution in [1.29, 1.82) is 0 Å². The quantitative estimate of drug-likeness (QED) is 0.908. The lowest BCUT2D eigenvalue weighted by Crippen LogP contribution is -2.45. The zero-order chi connectivity index (χ0) is 13.8. The molecule has 0 aromatic heterocycles. The van der Waals surface area contributed by atoms with Gasteiger partial charge in [0.05, 0.1) is 0 Å². The number of piperazine rings is 1. The first-order chi connectivity index (χ1) is 9.08. The van der Waals surface area contributed by atoms with Gasteiger partial charge in [0, 0.05) is 42.3 Å². The van der Waals surface area contributed by atoms with Gasteiger partial charge in [-0.15, -0.1) is 0 Å². The molecule has 1 aromatic carbocycles. The zero-order valence-electron chi connectivity index (χ0n) is 11.6. The summed E-state index contributed by atoms with van der Waals surface area (Å²) in [6.45, 7) is 8.36. The summed E-state index contributed by atoms with van der Waals surface area (Å²) in [6, 6.07) is 5.45. The monoisotopic (exact) mass is 328 g/mol. The molecule has 1 saturated heterocycles. The third-order valence-corrected chi connectivity index (χ3v) is 4.10. The maximum absolute atomic E-state index is 14.2. The number of hydrogen-bond donors (Lipinski definition) is 1. The number of rotatable bonds is 4. The Morgan fingerprint density at radius 3 is 2.63 bits per heavy atom. The van der Waals surface area contributed by atoms with E-state index < -0.39 is 0 Å². The Morgan fingerprint density at radius 2 is 2.00 bits per heavy atom. The van der Waals surface area contributed by atoms with E-state index in [9.17, 15) is 4.39 Å². The number of nitrogens with zero attached hydrogens (tertiary/aromatic N) is 1. The van der Waals surface area contributed by atoms with Gasteiger partial charge in [0.25, 0.3) is 0 Å². The number of hydrogen-bond acceptors (Lipinski definition) is 2. The van der Waals surface area contributed by atoms with Crippen LogP contribution in [0.15, 0.2) is 22.7 Å². The van der Waals surface area contributed by atoms with Gasteiger partial charge in [0.1, 0.15) is 5.82 Å². The van der Waals surface area contributed by atoms with Gasteiger partial charge in [-0.2, -0.15) is 0 Å². The summed E-state index contributed by atoms with van der Waals surface area (Å²) in [5, 5.41) is 3.36. The van der Waals surface area contributed by atoms with Crippen molar-refractivity contribution in [2.24, 2.45) is 5.92 Å². The van der Waals surface area contributed by atoms with E-state index in [4.69, 9.17) is 0 Å². The van der Waals surface area contributed by atoms with Crippen molar-refractivity contribution in [1.82, 2.24) is 10.2 Å². The molecule has 0 spiro atoms. The molecule has 2 rings (SSSR count). The van der Waals surface area contributed by atoms with E-state index >= 15 is 0 Å². The topological polar surface area (TPSA) is 15.3 Å². The molecule has 0 aliphatic carbocycles. The fraction of sp³-hybridized carbons (Fsp3) is 0.600. The number of halogens is 2. The Balaban J connectivity index is 2.27. The smallest absolute Gasteiger partial charge is 0.128 e. The highest BCUT2D eigenvalue weighted by molar-refractivity contribution is 9.10. The summed E-state index contributed by atoms with van der Waals surface area (Å²) >= 11 is 3.46. The van der Waals surface area contributed by atoms with Crippen LogP contribution < -0.4 is 5.32 Å². The van der Waals surface area contributed by atoms with Gasteiger partial charge in [0.15, 0.2) is 0 Å². The Labute approximate surface area is 123 Å². The van der Waals surface area contributed by atoms with Crippen molar-refractivity contribution >= 4 is 15.9 Å². The zero-order valence-corrected chi connectivity index (χ0v) is 13.2. The number of benzene rings is 1. The molecule has 0 bridgehead atoms. The molecule has 1 fully saturated rings. The van der Waals surface area contributed by atoms with Crippen LogP contribution in [0.5, 0.6) is 0 Å². The first kappa shape index (κ1) is 14.9. The Bertz CT molecular complexity index is 417. The molecule has 2 nitrogen and oxygen atoms in total. The van der Waals surface area contributed by atoms with E-state index in [0.717, 1.165) is 42.6 Å². The van der Waals surface area contributed by atoms with Gasteiger partial charge in [-0.05, 0) is 30.5 Å². The fourth-order valence-electron chi connectivity index (χ4n) is 2.68. The van der Waals surface area contributed by atoms with E-state index in [1.165, 1.54) is 0 Å². The Hall–Kier alpha value is -0.450. The van der Waals surface area contributed by atoms with E-state index in [0.29, 0.717) is 5.92 Å². The van der Waals surface area contributed by atoms with Gasteiger partial charge >= 0.3 is 0 Å². The first-order valence-corrected chi connectivity index (χ1v) is 7.77. The van der Waals surface area contributed by atoms with Gasteiger partial charge in [-0.3, -0.25) is 4.90 Å². The average Bonchev–Trinajstić information content (AvgIpc) is 2.40. The number of nitrogens with one attached hydrogen (secondary N) is 1. The molecule has 106 valence electrons. The van der Waals surface area contributed by atoms with Gasteiger partial charge in [-0.1, -0.05) is 29.8 Å². The molecule has 19 heavy (non-hydrogen) atoms. The van der Waals surface area contributed by atoms with Crippen LogP contribution in [-0.2, 0) is 0 Å². The highest BCUT2D eigenvalue weighted by Crippen LogP contribution is 2.31. The fourth-order valence-corrected chi connectivity index (χ4v) is 3.06. The molecule has 0 amide bonds. The van der Waals surface area contributed by atoms with E-state index in [-0.39, 0.29) is 11.9 Å². The summed E-state index contributed by atoms with van der Waals surface area (Å²) in [5.74, 6) is 0.464. The molecule has 0 radical (unpaired) electrons. The van der Waals surface area contributed by atoms with Crippen molar-refractivity contribution in [3.8, 4) is 0 Å². The maximum Gasteiger partial charge on any atom is 0.128 e. The lowest BCUT2D eigenvalue weighted by atomic mass is 9.94. The lowest BCUT2D eigenvalue weighted by molar-refractivity contribution is 0.151. The molecular formula is C15H22BrFN2. The molecular weight excluding hydrogens is 307 g/mol. The normalized spacial score (nSPS) is 18.8. The van der Waals surface area contributed by atoms with E-state index in [1.54, 1.807) is 12.1 Å². The summed E-state index contributed by atoms with van der Waals surface area (Å²) < 4.78 is 15.1. The van der Waals surface area contributed by atoms with Crippen molar-refractivity contribution in [3.05, 3.63) is 34.1 Å². The van der Waals surface area contributed by atoms with Crippen molar-refractivity contribution in [2.45, 2.75) is 26.3 Å². The van der Waals surface area contributed by atoms with Crippen molar-refractivity contribution in [2.75, 3.05) is 26.2 Å². The van der Waals surface area contributed by atoms with Crippen LogP contribution in [-0.4, -0.2) is 31.1 Å². The van der Waals surface area contributed by atoms with Crippen LogP contribution in [0, 0.1) is 11.7 Å². The van der Waals surface area contributed by atoms with E-state index in [1.807, 2.05) is 6.07 Å².